The largest absolute Gasteiger partial charge is 0.434 e. The summed E-state index contributed by atoms with van der Waals surface area (Å²) >= 11 is 0.654. The Kier molecular flexibility index (Phi) is 6.25. The number of rotatable bonds is 5. The van der Waals surface area contributed by atoms with E-state index >= 15 is 0 Å². The SMILES string of the molecule is Cc1cc(C(F)(F)F)c(-c2sc(C(=O)NCc3n[nH]c(=O)o3)nc2C(=O)N2CCC[C@@H]2C)cn1. The highest BCUT2D eigenvalue weighted by Crippen LogP contribution is 2.41. The number of aryl methyl sites for hydroxylation is 1. The molecule has 1 aliphatic heterocycles. The minimum absolute atomic E-state index is 0.0969. The highest BCUT2D eigenvalue weighted by atomic mass is 32.1. The second-order valence-corrected chi connectivity index (χ2v) is 8.74. The van der Waals surface area contributed by atoms with Crippen molar-refractivity contribution in [1.29, 1.82) is 0 Å². The number of hydrogen-bond donors (Lipinski definition) is 2. The third-order valence-corrected chi connectivity index (χ3v) is 6.40. The number of carbonyl (C=O) groups is 2. The molecule has 1 fully saturated rings. The summed E-state index contributed by atoms with van der Waals surface area (Å²) in [4.78, 5) is 46.5. The minimum atomic E-state index is -4.71. The Morgan fingerprint density at radius 1 is 1.38 bits per heavy atom. The van der Waals surface area contributed by atoms with Crippen LogP contribution in [-0.4, -0.2) is 49.5 Å². The number of pyridine rings is 1. The third kappa shape index (κ3) is 4.71. The molecule has 1 aliphatic rings. The van der Waals surface area contributed by atoms with E-state index < -0.39 is 29.3 Å². The van der Waals surface area contributed by atoms with Crippen molar-refractivity contribution in [2.24, 2.45) is 0 Å². The van der Waals surface area contributed by atoms with Crippen LogP contribution in [0.4, 0.5) is 13.2 Å². The van der Waals surface area contributed by atoms with Crippen molar-refractivity contribution in [2.75, 3.05) is 6.54 Å². The van der Waals surface area contributed by atoms with Gasteiger partial charge in [0, 0.05) is 30.0 Å². The van der Waals surface area contributed by atoms with Gasteiger partial charge in [-0.1, -0.05) is 0 Å². The summed E-state index contributed by atoms with van der Waals surface area (Å²) < 4.78 is 46.2. The molecular weight excluding hydrogens is 477 g/mol. The van der Waals surface area contributed by atoms with Crippen molar-refractivity contribution in [1.82, 2.24) is 30.4 Å². The van der Waals surface area contributed by atoms with Crippen LogP contribution in [0.3, 0.4) is 0 Å². The average Bonchev–Trinajstić information content (AvgIpc) is 3.50. The standard InChI is InChI=1S/C20H19F3N6O4S/c1-9-6-12(20(21,22)23)11(7-24-9)15-14(18(31)29-5-3-4-10(29)2)26-17(34-15)16(30)25-8-13-27-28-19(32)33-13/h6-7,10H,3-5,8H2,1-2H3,(H,25,30)(H,28,32)/t10-/m0/s1. The molecule has 0 unspecified atom stereocenters. The quantitative estimate of drug-likeness (QED) is 0.555. The van der Waals surface area contributed by atoms with E-state index in [2.05, 4.69) is 20.4 Å². The third-order valence-electron chi connectivity index (χ3n) is 5.31. The number of alkyl halides is 3. The van der Waals surface area contributed by atoms with Crippen LogP contribution < -0.4 is 11.1 Å². The van der Waals surface area contributed by atoms with Crippen LogP contribution in [0.5, 0.6) is 0 Å². The van der Waals surface area contributed by atoms with Gasteiger partial charge in [-0.25, -0.2) is 14.9 Å². The molecule has 3 aromatic rings. The van der Waals surface area contributed by atoms with Crippen LogP contribution in [0.15, 0.2) is 21.5 Å². The van der Waals surface area contributed by atoms with Gasteiger partial charge in [-0.05, 0) is 32.8 Å². The molecule has 1 saturated heterocycles. The van der Waals surface area contributed by atoms with Gasteiger partial charge in [-0.15, -0.1) is 16.4 Å². The van der Waals surface area contributed by atoms with Gasteiger partial charge >= 0.3 is 11.9 Å². The number of hydrogen-bond acceptors (Lipinski definition) is 8. The molecule has 0 bridgehead atoms. The van der Waals surface area contributed by atoms with E-state index in [0.29, 0.717) is 17.9 Å². The highest BCUT2D eigenvalue weighted by Gasteiger charge is 2.38. The molecule has 4 heterocycles. The maximum absolute atomic E-state index is 13.8. The van der Waals surface area contributed by atoms with Crippen LogP contribution in [0, 0.1) is 6.92 Å². The zero-order valence-corrected chi connectivity index (χ0v) is 18.8. The maximum atomic E-state index is 13.8. The average molecular weight is 496 g/mol. The molecule has 180 valence electrons. The van der Waals surface area contributed by atoms with Crippen molar-refractivity contribution in [3.8, 4) is 10.4 Å². The molecule has 0 aliphatic carbocycles. The number of nitrogens with zero attached hydrogens (tertiary/aromatic N) is 4. The van der Waals surface area contributed by atoms with E-state index in [0.717, 1.165) is 25.1 Å². The number of thiazole rings is 1. The number of aromatic nitrogens is 4. The van der Waals surface area contributed by atoms with Crippen LogP contribution in [0.25, 0.3) is 10.4 Å². The normalized spacial score (nSPS) is 16.1. The number of halogens is 3. The lowest BCUT2D eigenvalue weighted by molar-refractivity contribution is -0.137. The first-order valence-electron chi connectivity index (χ1n) is 10.2. The van der Waals surface area contributed by atoms with Crippen molar-refractivity contribution in [3.05, 3.63) is 50.7 Å². The predicted molar refractivity (Wildman–Crippen MR) is 113 cm³/mol. The van der Waals surface area contributed by atoms with Gasteiger partial charge in [-0.2, -0.15) is 13.2 Å². The fourth-order valence-electron chi connectivity index (χ4n) is 3.66. The number of carbonyl (C=O) groups excluding carboxylic acids is 2. The Labute approximate surface area is 194 Å². The van der Waals surface area contributed by atoms with E-state index in [1.54, 1.807) is 0 Å². The number of likely N-dealkylation sites (tertiary alicyclic amines) is 1. The Morgan fingerprint density at radius 3 is 2.76 bits per heavy atom. The zero-order chi connectivity index (χ0) is 24.6. The summed E-state index contributed by atoms with van der Waals surface area (Å²) in [5, 5.41) is 7.80. The molecular formula is C20H19F3N6O4S. The molecule has 14 heteroatoms. The Bertz CT molecular complexity index is 1300. The topological polar surface area (TPSA) is 134 Å². The van der Waals surface area contributed by atoms with Gasteiger partial charge in [0.05, 0.1) is 17.0 Å². The molecule has 0 saturated carbocycles. The van der Waals surface area contributed by atoms with E-state index in [-0.39, 0.29) is 45.3 Å². The first kappa shape index (κ1) is 23.6. The van der Waals surface area contributed by atoms with Crippen LogP contribution in [0.2, 0.25) is 0 Å². The molecule has 0 aromatic carbocycles. The van der Waals surface area contributed by atoms with E-state index in [4.69, 9.17) is 4.42 Å². The van der Waals surface area contributed by atoms with Gasteiger partial charge in [0.25, 0.3) is 11.8 Å². The fraction of sp³-hybridized carbons (Fsp3) is 0.400. The summed E-state index contributed by atoms with van der Waals surface area (Å²) in [6, 6.07) is 0.779. The second-order valence-electron chi connectivity index (χ2n) is 7.75. The van der Waals surface area contributed by atoms with Crippen molar-refractivity contribution >= 4 is 23.2 Å². The molecule has 2 amide bonds. The zero-order valence-electron chi connectivity index (χ0n) is 18.0. The lowest BCUT2D eigenvalue weighted by atomic mass is 10.1. The Hall–Kier alpha value is -3.55. The predicted octanol–water partition coefficient (Wildman–Crippen LogP) is 2.76. The first-order chi connectivity index (χ1) is 16.0. The van der Waals surface area contributed by atoms with Crippen LogP contribution >= 0.6 is 11.3 Å². The summed E-state index contributed by atoms with van der Waals surface area (Å²) in [6.45, 7) is 3.44. The molecule has 0 radical (unpaired) electrons. The monoisotopic (exact) mass is 496 g/mol. The number of aromatic amines is 1. The summed E-state index contributed by atoms with van der Waals surface area (Å²) in [5.41, 5.74) is -1.40. The van der Waals surface area contributed by atoms with Gasteiger partial charge in [-0.3, -0.25) is 14.6 Å². The smallest absolute Gasteiger partial charge is 0.391 e. The molecule has 4 rings (SSSR count). The molecule has 3 aromatic heterocycles. The second kappa shape index (κ2) is 9.00. The molecule has 1 atom stereocenters. The molecule has 0 spiro atoms. The maximum Gasteiger partial charge on any atom is 0.434 e. The number of H-pyrrole nitrogens is 1. The van der Waals surface area contributed by atoms with E-state index in [1.807, 2.05) is 12.0 Å². The van der Waals surface area contributed by atoms with Gasteiger partial charge in [0.1, 0.15) is 5.69 Å². The molecule has 2 N–H and O–H groups in total. The summed E-state index contributed by atoms with van der Waals surface area (Å²) in [5.74, 6) is -2.22. The van der Waals surface area contributed by atoms with Crippen LogP contribution in [0.1, 0.15) is 57.2 Å². The van der Waals surface area contributed by atoms with E-state index in [9.17, 15) is 27.6 Å². The number of amides is 2. The Morgan fingerprint density at radius 2 is 2.15 bits per heavy atom. The highest BCUT2D eigenvalue weighted by molar-refractivity contribution is 7.17. The molecule has 34 heavy (non-hydrogen) atoms. The van der Waals surface area contributed by atoms with Crippen molar-refractivity contribution in [3.63, 3.8) is 0 Å². The fourth-order valence-corrected chi connectivity index (χ4v) is 4.66. The minimum Gasteiger partial charge on any atom is -0.391 e. The first-order valence-corrected chi connectivity index (χ1v) is 11.0. The van der Waals surface area contributed by atoms with Crippen molar-refractivity contribution < 1.29 is 27.2 Å². The van der Waals surface area contributed by atoms with Crippen molar-refractivity contribution in [2.45, 2.75) is 45.5 Å². The van der Waals surface area contributed by atoms with E-state index in [1.165, 1.54) is 11.8 Å². The summed E-state index contributed by atoms with van der Waals surface area (Å²) in [6.07, 6.45) is -2.16. The van der Waals surface area contributed by atoms with Gasteiger partial charge < -0.3 is 14.6 Å². The van der Waals surface area contributed by atoms with Gasteiger partial charge in [0.15, 0.2) is 5.01 Å². The lowest BCUT2D eigenvalue weighted by Gasteiger charge is -2.21. The Balaban J connectivity index is 1.75. The number of nitrogens with one attached hydrogen (secondary N) is 2. The molecule has 10 nitrogen and oxygen atoms in total. The lowest BCUT2D eigenvalue weighted by Crippen LogP contribution is -2.34. The van der Waals surface area contributed by atoms with Gasteiger partial charge in [0.2, 0.25) is 5.89 Å². The van der Waals surface area contributed by atoms with Crippen LogP contribution in [-0.2, 0) is 12.7 Å². The summed E-state index contributed by atoms with van der Waals surface area (Å²) in [7, 11) is 0.